The largest absolute Gasteiger partial charge is 0.494 e. The summed E-state index contributed by atoms with van der Waals surface area (Å²) in [6.45, 7) is 3.69. The minimum Gasteiger partial charge on any atom is -0.494 e. The standard InChI is InChI=1S/C15H22N2O2/c1-2-19-14-8-5-13(6-9-14)17-15(18)10-7-12-4-3-11-16-12/h5-6,8-9,12,16H,2-4,7,10-11H2,1H3,(H,17,18). The Kier molecular flexibility index (Phi) is 5.21. The van der Waals surface area contributed by atoms with Crippen LogP contribution >= 0.6 is 0 Å². The second-order valence-electron chi connectivity index (χ2n) is 4.84. The highest BCUT2D eigenvalue weighted by atomic mass is 16.5. The molecule has 0 bridgehead atoms. The molecular formula is C15H22N2O2. The van der Waals surface area contributed by atoms with Crippen molar-refractivity contribution in [2.45, 2.75) is 38.6 Å². The third-order valence-electron chi connectivity index (χ3n) is 3.33. The van der Waals surface area contributed by atoms with Crippen molar-refractivity contribution in [3.63, 3.8) is 0 Å². The highest BCUT2D eigenvalue weighted by Gasteiger charge is 2.15. The molecule has 1 aliphatic heterocycles. The van der Waals surface area contributed by atoms with Gasteiger partial charge in [-0.1, -0.05) is 0 Å². The predicted octanol–water partition coefficient (Wildman–Crippen LogP) is 2.56. The molecule has 4 nitrogen and oxygen atoms in total. The maximum atomic E-state index is 11.8. The molecule has 1 fully saturated rings. The monoisotopic (exact) mass is 262 g/mol. The van der Waals surface area contributed by atoms with Gasteiger partial charge in [-0.15, -0.1) is 0 Å². The smallest absolute Gasteiger partial charge is 0.224 e. The van der Waals surface area contributed by atoms with Crippen LogP contribution in [0.5, 0.6) is 5.75 Å². The van der Waals surface area contributed by atoms with Crippen LogP contribution in [0, 0.1) is 0 Å². The first kappa shape index (κ1) is 13.9. The normalized spacial score (nSPS) is 18.3. The Balaban J connectivity index is 1.74. The summed E-state index contributed by atoms with van der Waals surface area (Å²) in [6.07, 6.45) is 3.91. The summed E-state index contributed by atoms with van der Waals surface area (Å²) in [5, 5.41) is 6.31. The Morgan fingerprint density at radius 3 is 2.84 bits per heavy atom. The SMILES string of the molecule is CCOc1ccc(NC(=O)CCC2CCCN2)cc1. The van der Waals surface area contributed by atoms with Gasteiger partial charge in [-0.25, -0.2) is 0 Å². The van der Waals surface area contributed by atoms with Crippen molar-refractivity contribution in [1.29, 1.82) is 0 Å². The molecule has 0 radical (unpaired) electrons. The molecule has 0 aliphatic carbocycles. The second-order valence-corrected chi connectivity index (χ2v) is 4.84. The number of benzene rings is 1. The summed E-state index contributed by atoms with van der Waals surface area (Å²) in [5.41, 5.74) is 0.827. The van der Waals surface area contributed by atoms with Gasteiger partial charge in [0.15, 0.2) is 0 Å². The van der Waals surface area contributed by atoms with E-state index in [-0.39, 0.29) is 5.91 Å². The van der Waals surface area contributed by atoms with Gasteiger partial charge in [0.1, 0.15) is 5.75 Å². The number of hydrogen-bond donors (Lipinski definition) is 2. The van der Waals surface area contributed by atoms with Crippen LogP contribution in [0.3, 0.4) is 0 Å². The summed E-state index contributed by atoms with van der Waals surface area (Å²) in [6, 6.07) is 8.01. The maximum Gasteiger partial charge on any atom is 0.224 e. The van der Waals surface area contributed by atoms with Crippen LogP contribution in [0.1, 0.15) is 32.6 Å². The third-order valence-corrected chi connectivity index (χ3v) is 3.33. The van der Waals surface area contributed by atoms with Gasteiger partial charge >= 0.3 is 0 Å². The summed E-state index contributed by atoms with van der Waals surface area (Å²) in [4.78, 5) is 11.8. The van der Waals surface area contributed by atoms with Crippen molar-refractivity contribution < 1.29 is 9.53 Å². The molecule has 1 atom stereocenters. The molecule has 1 unspecified atom stereocenters. The van der Waals surface area contributed by atoms with Crippen molar-refractivity contribution in [2.75, 3.05) is 18.5 Å². The van der Waals surface area contributed by atoms with Crippen molar-refractivity contribution in [1.82, 2.24) is 5.32 Å². The van der Waals surface area contributed by atoms with Gasteiger partial charge in [-0.2, -0.15) is 0 Å². The maximum absolute atomic E-state index is 11.8. The van der Waals surface area contributed by atoms with E-state index in [2.05, 4.69) is 10.6 Å². The number of carbonyl (C=O) groups excluding carboxylic acids is 1. The number of amides is 1. The van der Waals surface area contributed by atoms with E-state index in [1.807, 2.05) is 31.2 Å². The number of anilines is 1. The van der Waals surface area contributed by atoms with E-state index in [9.17, 15) is 4.79 Å². The molecule has 0 saturated carbocycles. The fraction of sp³-hybridized carbons (Fsp3) is 0.533. The Hall–Kier alpha value is -1.55. The molecule has 1 saturated heterocycles. The number of nitrogens with one attached hydrogen (secondary N) is 2. The fourth-order valence-corrected chi connectivity index (χ4v) is 2.33. The minimum atomic E-state index is 0.0814. The molecule has 0 spiro atoms. The highest BCUT2D eigenvalue weighted by molar-refractivity contribution is 5.90. The van der Waals surface area contributed by atoms with E-state index in [0.29, 0.717) is 19.1 Å². The molecule has 1 heterocycles. The van der Waals surface area contributed by atoms with E-state index < -0.39 is 0 Å². The van der Waals surface area contributed by atoms with Crippen molar-refractivity contribution in [2.24, 2.45) is 0 Å². The van der Waals surface area contributed by atoms with Gasteiger partial charge in [0, 0.05) is 18.2 Å². The van der Waals surface area contributed by atoms with Crippen LogP contribution in [0.25, 0.3) is 0 Å². The van der Waals surface area contributed by atoms with Crippen LogP contribution in [-0.4, -0.2) is 25.1 Å². The van der Waals surface area contributed by atoms with Crippen LogP contribution in [0.4, 0.5) is 5.69 Å². The van der Waals surface area contributed by atoms with E-state index in [0.717, 1.165) is 24.4 Å². The van der Waals surface area contributed by atoms with Crippen LogP contribution < -0.4 is 15.4 Å². The lowest BCUT2D eigenvalue weighted by Gasteiger charge is -2.10. The lowest BCUT2D eigenvalue weighted by Crippen LogP contribution is -2.23. The average Bonchev–Trinajstić information content (AvgIpc) is 2.92. The number of carbonyl (C=O) groups is 1. The first-order valence-corrected chi connectivity index (χ1v) is 7.04. The number of rotatable bonds is 6. The molecule has 1 aliphatic rings. The van der Waals surface area contributed by atoms with Crippen molar-refractivity contribution in [3.05, 3.63) is 24.3 Å². The lowest BCUT2D eigenvalue weighted by molar-refractivity contribution is -0.116. The zero-order chi connectivity index (χ0) is 13.5. The quantitative estimate of drug-likeness (QED) is 0.828. The molecule has 1 aromatic rings. The molecule has 4 heteroatoms. The molecular weight excluding hydrogens is 240 g/mol. The molecule has 2 rings (SSSR count). The zero-order valence-electron chi connectivity index (χ0n) is 11.4. The third kappa shape index (κ3) is 4.56. The van der Waals surface area contributed by atoms with E-state index >= 15 is 0 Å². The number of hydrogen-bond acceptors (Lipinski definition) is 3. The van der Waals surface area contributed by atoms with E-state index in [1.165, 1.54) is 12.8 Å². The van der Waals surface area contributed by atoms with E-state index in [1.54, 1.807) is 0 Å². The van der Waals surface area contributed by atoms with Crippen molar-refractivity contribution in [3.8, 4) is 5.75 Å². The zero-order valence-corrected chi connectivity index (χ0v) is 11.4. The average molecular weight is 262 g/mol. The van der Waals surface area contributed by atoms with Gasteiger partial charge in [0.05, 0.1) is 6.61 Å². The molecule has 1 aromatic carbocycles. The molecule has 2 N–H and O–H groups in total. The first-order valence-electron chi connectivity index (χ1n) is 7.04. The second kappa shape index (κ2) is 7.14. The minimum absolute atomic E-state index is 0.0814. The van der Waals surface area contributed by atoms with Crippen molar-refractivity contribution >= 4 is 11.6 Å². The fourth-order valence-electron chi connectivity index (χ4n) is 2.33. The summed E-state index contributed by atoms with van der Waals surface area (Å²) in [5.74, 6) is 0.911. The van der Waals surface area contributed by atoms with E-state index in [4.69, 9.17) is 4.74 Å². The highest BCUT2D eigenvalue weighted by Crippen LogP contribution is 2.16. The summed E-state index contributed by atoms with van der Waals surface area (Å²) in [7, 11) is 0. The van der Waals surface area contributed by atoms with Crippen LogP contribution in [-0.2, 0) is 4.79 Å². The Morgan fingerprint density at radius 2 is 2.21 bits per heavy atom. The Morgan fingerprint density at radius 1 is 1.42 bits per heavy atom. The first-order chi connectivity index (χ1) is 9.28. The summed E-state index contributed by atoms with van der Waals surface area (Å²) >= 11 is 0. The summed E-state index contributed by atoms with van der Waals surface area (Å²) < 4.78 is 5.36. The molecule has 1 amide bonds. The Bertz CT molecular complexity index is 397. The van der Waals surface area contributed by atoms with Crippen LogP contribution in [0.2, 0.25) is 0 Å². The molecule has 104 valence electrons. The van der Waals surface area contributed by atoms with Crippen LogP contribution in [0.15, 0.2) is 24.3 Å². The predicted molar refractivity (Wildman–Crippen MR) is 76.5 cm³/mol. The van der Waals surface area contributed by atoms with Gasteiger partial charge in [0.25, 0.3) is 0 Å². The molecule has 19 heavy (non-hydrogen) atoms. The van der Waals surface area contributed by atoms with Gasteiger partial charge in [-0.05, 0) is 57.0 Å². The molecule has 0 aromatic heterocycles. The Labute approximate surface area is 114 Å². The van der Waals surface area contributed by atoms with Gasteiger partial charge < -0.3 is 15.4 Å². The topological polar surface area (TPSA) is 50.4 Å². The van der Waals surface area contributed by atoms with Gasteiger partial charge in [0.2, 0.25) is 5.91 Å². The lowest BCUT2D eigenvalue weighted by atomic mass is 10.1. The number of ether oxygens (including phenoxy) is 1. The van der Waals surface area contributed by atoms with Gasteiger partial charge in [-0.3, -0.25) is 4.79 Å².